The van der Waals surface area contributed by atoms with Crippen LogP contribution in [0.25, 0.3) is 56.2 Å². The highest BCUT2D eigenvalue weighted by atomic mass is 16.3. The molecule has 4 aromatic carbocycles. The van der Waals surface area contributed by atoms with E-state index in [4.69, 9.17) is 19.4 Å². The molecule has 42 heavy (non-hydrogen) atoms. The largest absolute Gasteiger partial charge is 0.456 e. The Hall–Kier alpha value is -5.55. The summed E-state index contributed by atoms with van der Waals surface area (Å²) in [4.78, 5) is 15.6. The number of hydrogen-bond donors (Lipinski definition) is 0. The zero-order valence-electron chi connectivity index (χ0n) is 22.6. The molecule has 3 heterocycles. The molecule has 0 fully saturated rings. The Bertz CT molecular complexity index is 2220. The van der Waals surface area contributed by atoms with E-state index in [2.05, 4.69) is 108 Å². The molecule has 3 aromatic heterocycles. The van der Waals surface area contributed by atoms with Gasteiger partial charge in [-0.3, -0.25) is 4.57 Å². The SMILES string of the molecule is C1=CC2=Cc3oc4ccccc4c3C(c3nc(-c4ccccc4)nc(-n4c5ccccc5c5ccccc54)n3)C2C=C1. The average Bonchev–Trinajstić information content (AvgIpc) is 3.59. The first-order valence-corrected chi connectivity index (χ1v) is 14.2. The number of furan rings is 1. The van der Waals surface area contributed by atoms with Crippen LogP contribution in [0.15, 0.2) is 137 Å². The minimum atomic E-state index is -0.151. The number of rotatable bonds is 3. The van der Waals surface area contributed by atoms with Gasteiger partial charge in [-0.15, -0.1) is 0 Å². The lowest BCUT2D eigenvalue weighted by atomic mass is 9.74. The lowest BCUT2D eigenvalue weighted by Gasteiger charge is -2.30. The van der Waals surface area contributed by atoms with Crippen LogP contribution in [0.5, 0.6) is 0 Å². The smallest absolute Gasteiger partial charge is 0.238 e. The molecule has 0 amide bonds. The van der Waals surface area contributed by atoms with Crippen molar-refractivity contribution in [2.45, 2.75) is 5.92 Å². The Morgan fingerprint density at radius 3 is 2.12 bits per heavy atom. The van der Waals surface area contributed by atoms with Crippen LogP contribution >= 0.6 is 0 Å². The van der Waals surface area contributed by atoms with E-state index in [0.29, 0.717) is 11.8 Å². The number of aromatic nitrogens is 4. The second kappa shape index (κ2) is 8.98. The van der Waals surface area contributed by atoms with E-state index in [1.54, 1.807) is 0 Å². The molecule has 2 unspecified atom stereocenters. The topological polar surface area (TPSA) is 56.7 Å². The quantitative estimate of drug-likeness (QED) is 0.225. The van der Waals surface area contributed by atoms with Crippen molar-refractivity contribution in [3.63, 3.8) is 0 Å². The first-order valence-electron chi connectivity index (χ1n) is 14.2. The molecule has 7 aromatic rings. The van der Waals surface area contributed by atoms with Gasteiger partial charge >= 0.3 is 0 Å². The fraction of sp³-hybridized carbons (Fsp3) is 0.0541. The zero-order chi connectivity index (χ0) is 27.6. The van der Waals surface area contributed by atoms with Crippen molar-refractivity contribution in [2.75, 3.05) is 0 Å². The van der Waals surface area contributed by atoms with Crippen LogP contribution in [0.3, 0.4) is 0 Å². The van der Waals surface area contributed by atoms with Crippen molar-refractivity contribution in [2.24, 2.45) is 5.92 Å². The van der Waals surface area contributed by atoms with Crippen molar-refractivity contribution in [1.29, 1.82) is 0 Å². The molecular formula is C37H24N4O. The predicted molar refractivity (Wildman–Crippen MR) is 167 cm³/mol. The molecule has 0 bridgehead atoms. The molecule has 0 radical (unpaired) electrons. The first kappa shape index (κ1) is 23.2. The van der Waals surface area contributed by atoms with E-state index in [1.165, 1.54) is 16.3 Å². The Labute approximate surface area is 241 Å². The zero-order valence-corrected chi connectivity index (χ0v) is 22.6. The Morgan fingerprint density at radius 1 is 0.643 bits per heavy atom. The molecular weight excluding hydrogens is 516 g/mol. The third-order valence-corrected chi connectivity index (χ3v) is 8.46. The van der Waals surface area contributed by atoms with Gasteiger partial charge in [-0.25, -0.2) is 4.98 Å². The Morgan fingerprint density at radius 2 is 1.33 bits per heavy atom. The molecule has 5 nitrogen and oxygen atoms in total. The maximum absolute atomic E-state index is 6.41. The van der Waals surface area contributed by atoms with Gasteiger partial charge in [0.15, 0.2) is 5.82 Å². The molecule has 5 heteroatoms. The van der Waals surface area contributed by atoms with Crippen LogP contribution in [0.1, 0.15) is 23.1 Å². The van der Waals surface area contributed by atoms with Gasteiger partial charge in [-0.05, 0) is 29.8 Å². The van der Waals surface area contributed by atoms with Crippen molar-refractivity contribution in [1.82, 2.24) is 19.5 Å². The first-order chi connectivity index (χ1) is 20.8. The molecule has 0 saturated heterocycles. The third kappa shape index (κ3) is 3.40. The molecule has 0 saturated carbocycles. The van der Waals surface area contributed by atoms with Gasteiger partial charge in [-0.2, -0.15) is 9.97 Å². The minimum absolute atomic E-state index is 0.0699. The van der Waals surface area contributed by atoms with E-state index in [0.717, 1.165) is 44.7 Å². The lowest BCUT2D eigenvalue weighted by Crippen LogP contribution is -2.23. The van der Waals surface area contributed by atoms with Gasteiger partial charge in [0, 0.05) is 33.2 Å². The fourth-order valence-electron chi connectivity index (χ4n) is 6.63. The van der Waals surface area contributed by atoms with Crippen molar-refractivity contribution in [3.05, 3.63) is 150 Å². The third-order valence-electron chi connectivity index (χ3n) is 8.46. The van der Waals surface area contributed by atoms with E-state index in [9.17, 15) is 0 Å². The van der Waals surface area contributed by atoms with Gasteiger partial charge in [0.05, 0.1) is 17.0 Å². The van der Waals surface area contributed by atoms with Crippen LogP contribution in [-0.2, 0) is 0 Å². The summed E-state index contributed by atoms with van der Waals surface area (Å²) in [6.45, 7) is 0. The number of hydrogen-bond acceptors (Lipinski definition) is 4. The highest BCUT2D eigenvalue weighted by Gasteiger charge is 2.37. The summed E-state index contributed by atoms with van der Waals surface area (Å²) in [5, 5.41) is 3.43. The summed E-state index contributed by atoms with van der Waals surface area (Å²) in [6, 6.07) is 35.3. The van der Waals surface area contributed by atoms with E-state index < -0.39 is 0 Å². The second-order valence-electron chi connectivity index (χ2n) is 10.8. The van der Waals surface area contributed by atoms with Gasteiger partial charge in [0.1, 0.15) is 17.2 Å². The lowest BCUT2D eigenvalue weighted by molar-refractivity contribution is 0.556. The van der Waals surface area contributed by atoms with Gasteiger partial charge in [-0.1, -0.05) is 109 Å². The van der Waals surface area contributed by atoms with Crippen molar-refractivity contribution < 1.29 is 4.42 Å². The molecule has 9 rings (SSSR count). The van der Waals surface area contributed by atoms with Crippen LogP contribution in [0, 0.1) is 5.92 Å². The molecule has 2 aliphatic carbocycles. The molecule has 2 atom stereocenters. The normalized spacial score (nSPS) is 17.5. The monoisotopic (exact) mass is 540 g/mol. The van der Waals surface area contributed by atoms with Crippen LogP contribution < -0.4 is 0 Å². The summed E-state index contributed by atoms with van der Waals surface area (Å²) >= 11 is 0. The Kier molecular flexibility index (Phi) is 4.96. The van der Waals surface area contributed by atoms with Crippen molar-refractivity contribution in [3.8, 4) is 17.3 Å². The van der Waals surface area contributed by atoms with Crippen molar-refractivity contribution >= 4 is 38.9 Å². The average molecular weight is 541 g/mol. The molecule has 0 spiro atoms. The van der Waals surface area contributed by atoms with Crippen LogP contribution in [0.2, 0.25) is 0 Å². The highest BCUT2D eigenvalue weighted by Crippen LogP contribution is 2.48. The van der Waals surface area contributed by atoms with Gasteiger partial charge in [0.2, 0.25) is 5.95 Å². The number of nitrogens with zero attached hydrogens (tertiary/aromatic N) is 4. The van der Waals surface area contributed by atoms with Gasteiger partial charge < -0.3 is 4.42 Å². The summed E-state index contributed by atoms with van der Waals surface area (Å²) in [7, 11) is 0. The fourth-order valence-corrected chi connectivity index (χ4v) is 6.63. The summed E-state index contributed by atoms with van der Waals surface area (Å²) < 4.78 is 8.59. The number of fused-ring (bicyclic) bond motifs is 7. The summed E-state index contributed by atoms with van der Waals surface area (Å²) in [6.07, 6.45) is 10.8. The molecule has 0 N–H and O–H groups in total. The van der Waals surface area contributed by atoms with Gasteiger partial charge in [0.25, 0.3) is 0 Å². The Balaban J connectivity index is 1.37. The van der Waals surface area contributed by atoms with Crippen LogP contribution in [0.4, 0.5) is 0 Å². The highest BCUT2D eigenvalue weighted by molar-refractivity contribution is 6.08. The molecule has 0 aliphatic heterocycles. The standard InChI is InChI=1S/C37H24N4O/c1-2-12-23(13-3-1)35-38-36(40-37(39-35)41-29-19-9-6-16-26(29)27-17-7-10-20-30(27)41)34-25-15-5-4-14-24(25)22-32-33(34)28-18-8-11-21-31(28)42-32/h1-22,25,34H. The summed E-state index contributed by atoms with van der Waals surface area (Å²) in [5.74, 6) is 2.77. The van der Waals surface area contributed by atoms with E-state index in [1.807, 2.05) is 30.3 Å². The summed E-state index contributed by atoms with van der Waals surface area (Å²) in [5.41, 5.74) is 6.26. The number of para-hydroxylation sites is 3. The van der Waals surface area contributed by atoms with Crippen LogP contribution in [-0.4, -0.2) is 19.5 Å². The second-order valence-corrected chi connectivity index (χ2v) is 10.8. The minimum Gasteiger partial charge on any atom is -0.456 e. The maximum atomic E-state index is 6.41. The molecule has 198 valence electrons. The van der Waals surface area contributed by atoms with E-state index in [-0.39, 0.29) is 11.8 Å². The number of allylic oxidation sites excluding steroid dienone is 5. The van der Waals surface area contributed by atoms with E-state index >= 15 is 0 Å². The number of benzene rings is 4. The predicted octanol–water partition coefficient (Wildman–Crippen LogP) is 8.65. The maximum Gasteiger partial charge on any atom is 0.238 e. The molecule has 2 aliphatic rings.